The van der Waals surface area contributed by atoms with Crippen molar-refractivity contribution in [3.8, 4) is 11.5 Å². The number of carbonyl (C=O) groups excluding carboxylic acids is 2. The molecule has 0 bridgehead atoms. The van der Waals surface area contributed by atoms with E-state index in [9.17, 15) is 19.8 Å². The first-order chi connectivity index (χ1) is 19.2. The lowest BCUT2D eigenvalue weighted by Crippen LogP contribution is -2.35. The van der Waals surface area contributed by atoms with Crippen molar-refractivity contribution in [2.75, 3.05) is 28.2 Å². The largest absolute Gasteiger partial charge is 0.508 e. The third kappa shape index (κ3) is 5.66. The molecule has 0 aromatic heterocycles. The van der Waals surface area contributed by atoms with Crippen molar-refractivity contribution >= 4 is 51.2 Å². The maximum atomic E-state index is 13.2. The van der Waals surface area contributed by atoms with E-state index in [4.69, 9.17) is 11.6 Å². The number of nitrogens with zero attached hydrogens (tertiary/aromatic N) is 2. The molecule has 2 amide bonds. The highest BCUT2D eigenvalue weighted by molar-refractivity contribution is 6.15. The van der Waals surface area contributed by atoms with Gasteiger partial charge in [0.1, 0.15) is 17.2 Å². The van der Waals surface area contributed by atoms with E-state index in [2.05, 4.69) is 16.9 Å². The highest BCUT2D eigenvalue weighted by atomic mass is 35.5. The average molecular weight is 560 g/mol. The van der Waals surface area contributed by atoms with Crippen molar-refractivity contribution in [1.29, 1.82) is 0 Å². The van der Waals surface area contributed by atoms with Gasteiger partial charge >= 0.3 is 0 Å². The molecule has 0 saturated carbocycles. The Morgan fingerprint density at radius 2 is 1.70 bits per heavy atom. The Labute approximate surface area is 236 Å². The predicted molar refractivity (Wildman–Crippen MR) is 160 cm³/mol. The number of hydrogen-bond donors (Lipinski definition) is 5. The van der Waals surface area contributed by atoms with Crippen LogP contribution < -0.4 is 26.8 Å². The molecule has 0 unspecified atom stereocenters. The van der Waals surface area contributed by atoms with Crippen LogP contribution in [0.25, 0.3) is 10.8 Å². The highest BCUT2D eigenvalue weighted by Crippen LogP contribution is 2.41. The lowest BCUT2D eigenvalue weighted by atomic mass is 9.97. The number of benzene rings is 4. The van der Waals surface area contributed by atoms with Crippen molar-refractivity contribution < 1.29 is 19.8 Å². The minimum Gasteiger partial charge on any atom is -0.508 e. The molecule has 1 aliphatic rings. The van der Waals surface area contributed by atoms with Gasteiger partial charge in [-0.15, -0.1) is 11.6 Å². The van der Waals surface area contributed by atoms with Gasteiger partial charge in [0.15, 0.2) is 0 Å². The van der Waals surface area contributed by atoms with E-state index in [1.807, 2.05) is 25.1 Å². The summed E-state index contributed by atoms with van der Waals surface area (Å²) in [6.45, 7) is 2.42. The minimum atomic E-state index is -0.413. The van der Waals surface area contributed by atoms with Gasteiger partial charge in [-0.25, -0.2) is 5.84 Å². The Kier molecular flexibility index (Phi) is 8.47. The molecule has 0 aliphatic carbocycles. The smallest absolute Gasteiger partial charge is 0.275 e. The third-order valence-corrected chi connectivity index (χ3v) is 6.63. The number of rotatable bonds is 5. The van der Waals surface area contributed by atoms with Crippen LogP contribution in [0.2, 0.25) is 0 Å². The zero-order valence-electron chi connectivity index (χ0n) is 22.1. The summed E-state index contributed by atoms with van der Waals surface area (Å²) in [5.74, 6) is 5.61. The molecule has 0 saturated heterocycles. The molecule has 9 nitrogen and oxygen atoms in total. The van der Waals surface area contributed by atoms with Crippen LogP contribution in [-0.2, 0) is 11.2 Å². The summed E-state index contributed by atoms with van der Waals surface area (Å²) in [5.41, 5.74) is 10.3. The summed E-state index contributed by atoms with van der Waals surface area (Å²) in [6, 6.07) is 20.0. The van der Waals surface area contributed by atoms with E-state index in [1.165, 1.54) is 41.9 Å². The number of aryl methyl sites for hydroxylation is 1. The Morgan fingerprint density at radius 3 is 2.38 bits per heavy atom. The third-order valence-electron chi connectivity index (χ3n) is 6.63. The highest BCUT2D eigenvalue weighted by Gasteiger charge is 2.29. The van der Waals surface area contributed by atoms with Crippen LogP contribution in [0.1, 0.15) is 21.5 Å². The first-order valence-electron chi connectivity index (χ1n) is 12.4. The van der Waals surface area contributed by atoms with E-state index in [1.54, 1.807) is 35.2 Å². The molecule has 7 N–H and O–H groups in total. The van der Waals surface area contributed by atoms with Crippen LogP contribution in [0.15, 0.2) is 84.7 Å². The number of hydrazine groups is 1. The second kappa shape index (κ2) is 12.0. The molecule has 206 valence electrons. The van der Waals surface area contributed by atoms with E-state index < -0.39 is 5.91 Å². The lowest BCUT2D eigenvalue weighted by Gasteiger charge is -2.20. The number of alkyl halides is 1. The van der Waals surface area contributed by atoms with Gasteiger partial charge in [0, 0.05) is 41.8 Å². The van der Waals surface area contributed by atoms with Gasteiger partial charge in [-0.2, -0.15) is 0 Å². The lowest BCUT2D eigenvalue weighted by molar-refractivity contribution is -0.115. The number of phenols is 2. The van der Waals surface area contributed by atoms with Gasteiger partial charge in [-0.05, 0) is 78.4 Å². The summed E-state index contributed by atoms with van der Waals surface area (Å²) in [5, 5.41) is 25.7. The number of phenolic OH excluding ortho intramolecular Hbond substituents is 2. The number of nitrogens with one attached hydrogen (secondary N) is 1. The number of carbonyl (C=O) groups is 2. The Hall–Kier alpha value is -4.73. The predicted octanol–water partition coefficient (Wildman–Crippen LogP) is 4.74. The van der Waals surface area contributed by atoms with Gasteiger partial charge in [0.05, 0.1) is 11.4 Å². The fraction of sp³-hybridized carbons (Fsp3) is 0.133. The summed E-state index contributed by atoms with van der Waals surface area (Å²) < 4.78 is 0. The summed E-state index contributed by atoms with van der Waals surface area (Å²) >= 11 is 4.64. The molecule has 4 aromatic rings. The normalized spacial score (nSPS) is 12.4. The van der Waals surface area contributed by atoms with E-state index >= 15 is 0 Å². The molecule has 10 heteroatoms. The number of halogens is 1. The quantitative estimate of drug-likeness (QED) is 0.103. The van der Waals surface area contributed by atoms with Crippen LogP contribution in [-0.4, -0.2) is 35.0 Å². The molecule has 1 aliphatic heterocycles. The zero-order valence-corrected chi connectivity index (χ0v) is 22.8. The van der Waals surface area contributed by atoms with Crippen LogP contribution in [0.4, 0.5) is 17.1 Å². The second-order valence-corrected chi connectivity index (χ2v) is 9.14. The van der Waals surface area contributed by atoms with E-state index in [-0.39, 0.29) is 23.1 Å². The Balaban J connectivity index is 0.00000181. The molecular formula is C30H30ClN5O4. The molecule has 1 heterocycles. The molecule has 0 fully saturated rings. The monoisotopic (exact) mass is 559 g/mol. The summed E-state index contributed by atoms with van der Waals surface area (Å²) in [6.07, 6.45) is 3.47. The minimum absolute atomic E-state index is 0.0607. The van der Waals surface area contributed by atoms with E-state index in [0.717, 1.165) is 21.9 Å². The number of hydrogen-bond acceptors (Lipinski definition) is 7. The van der Waals surface area contributed by atoms with Crippen LogP contribution in [0.5, 0.6) is 11.5 Å². The SMILES string of the molecule is CCl.Cc1cccc2c(O)cc3c(c12)CCN3C(=O)/C(N)=C/N(N)c1ccc(NC(=O)c2ccc(O)cc2)cc1. The molecule has 5 rings (SSSR count). The fourth-order valence-corrected chi connectivity index (χ4v) is 4.72. The molecule has 0 radical (unpaired) electrons. The number of fused-ring (bicyclic) bond motifs is 3. The first-order valence-corrected chi connectivity index (χ1v) is 13.1. The van der Waals surface area contributed by atoms with Crippen molar-refractivity contribution in [2.45, 2.75) is 13.3 Å². The summed E-state index contributed by atoms with van der Waals surface area (Å²) in [7, 11) is 0. The van der Waals surface area contributed by atoms with Gasteiger partial charge in [-0.3, -0.25) is 14.6 Å². The van der Waals surface area contributed by atoms with Gasteiger partial charge < -0.3 is 26.2 Å². The number of aromatic hydroxyl groups is 2. The number of nitrogens with two attached hydrogens (primary N) is 2. The van der Waals surface area contributed by atoms with Gasteiger partial charge in [0.25, 0.3) is 11.8 Å². The number of anilines is 3. The molecular weight excluding hydrogens is 530 g/mol. The molecule has 0 atom stereocenters. The fourth-order valence-electron chi connectivity index (χ4n) is 4.72. The van der Waals surface area contributed by atoms with Crippen LogP contribution >= 0.6 is 11.6 Å². The van der Waals surface area contributed by atoms with Crippen LogP contribution in [0.3, 0.4) is 0 Å². The maximum Gasteiger partial charge on any atom is 0.275 e. The Bertz CT molecular complexity index is 1590. The molecule has 4 aromatic carbocycles. The van der Waals surface area contributed by atoms with Crippen molar-refractivity contribution in [3.05, 3.63) is 101 Å². The standard InChI is InChI=1S/C29H27N5O4.CH3Cl/c1-17-3-2-4-23-26(36)15-25-22(27(17)23)13-14-33(25)29(38)24(30)16-34(31)20-9-7-19(8-10-20)32-28(37)18-5-11-21(35)12-6-18;1-2/h2-12,15-16,35-36H,13-14,30-31H2,1H3,(H,32,37);1H3/b24-16-;. The van der Waals surface area contributed by atoms with Crippen molar-refractivity contribution in [2.24, 2.45) is 11.6 Å². The van der Waals surface area contributed by atoms with Crippen molar-refractivity contribution in [1.82, 2.24) is 0 Å². The zero-order chi connectivity index (χ0) is 29.0. The topological polar surface area (TPSA) is 145 Å². The maximum absolute atomic E-state index is 13.2. The molecule has 0 spiro atoms. The average Bonchev–Trinajstić information content (AvgIpc) is 3.38. The van der Waals surface area contributed by atoms with E-state index in [0.29, 0.717) is 35.6 Å². The number of amides is 2. The molecule has 40 heavy (non-hydrogen) atoms. The van der Waals surface area contributed by atoms with Crippen molar-refractivity contribution in [3.63, 3.8) is 0 Å². The van der Waals surface area contributed by atoms with Gasteiger partial charge in [0.2, 0.25) is 0 Å². The second-order valence-electron chi connectivity index (χ2n) is 9.14. The first kappa shape index (κ1) is 28.3. The van der Waals surface area contributed by atoms with Crippen LogP contribution in [0, 0.1) is 6.92 Å². The van der Waals surface area contributed by atoms with Gasteiger partial charge in [-0.1, -0.05) is 18.2 Å². The Morgan fingerprint density at radius 1 is 1.02 bits per heavy atom. The summed E-state index contributed by atoms with van der Waals surface area (Å²) in [4.78, 5) is 27.2.